The molecule has 2 aromatic rings. The molecule has 4 rings (SSSR count). The van der Waals surface area contributed by atoms with Crippen LogP contribution in [0, 0.1) is 0 Å². The van der Waals surface area contributed by atoms with E-state index < -0.39 is 6.09 Å². The fourth-order valence-electron chi connectivity index (χ4n) is 3.78. The van der Waals surface area contributed by atoms with Gasteiger partial charge in [-0.05, 0) is 30.7 Å². The zero-order valence-electron chi connectivity index (χ0n) is 17.0. The van der Waals surface area contributed by atoms with Gasteiger partial charge < -0.3 is 14.5 Å². The molecule has 1 fully saturated rings. The number of carbonyl (C=O) groups is 4. The highest BCUT2D eigenvalue weighted by Crippen LogP contribution is 2.22. The number of hydrogen-bond acceptors (Lipinski definition) is 5. The molecular weight excluding hydrogens is 398 g/mol. The summed E-state index contributed by atoms with van der Waals surface area (Å²) in [4.78, 5) is 54.0. The topological polar surface area (TPSA) is 87.2 Å². The van der Waals surface area contributed by atoms with Crippen molar-refractivity contribution in [3.63, 3.8) is 0 Å². The largest absolute Gasteiger partial charge is 0.415 e. The molecule has 0 N–H and O–H groups in total. The maximum absolute atomic E-state index is 12.5. The van der Waals surface area contributed by atoms with Crippen LogP contribution in [0.15, 0.2) is 54.6 Å². The molecule has 0 atom stereocenters. The third-order valence-electron chi connectivity index (χ3n) is 5.49. The Morgan fingerprint density at radius 3 is 1.94 bits per heavy atom. The number of hydrogen-bond donors (Lipinski definition) is 0. The second-order valence-electron chi connectivity index (χ2n) is 7.46. The highest BCUT2D eigenvalue weighted by molar-refractivity contribution is 6.21. The predicted molar refractivity (Wildman–Crippen MR) is 112 cm³/mol. The molecule has 0 aliphatic carbocycles. The summed E-state index contributed by atoms with van der Waals surface area (Å²) in [5, 5.41) is 0. The van der Waals surface area contributed by atoms with Gasteiger partial charge in [-0.25, -0.2) is 4.79 Å². The van der Waals surface area contributed by atoms with Crippen LogP contribution in [0.4, 0.5) is 4.79 Å². The normalized spacial score (nSPS) is 15.8. The highest BCUT2D eigenvalue weighted by Gasteiger charge is 2.34. The average molecular weight is 421 g/mol. The summed E-state index contributed by atoms with van der Waals surface area (Å²) >= 11 is 0. The van der Waals surface area contributed by atoms with Crippen molar-refractivity contribution in [3.8, 4) is 5.75 Å². The molecule has 160 valence electrons. The molecule has 4 amide bonds. The van der Waals surface area contributed by atoms with Crippen molar-refractivity contribution in [3.05, 3.63) is 65.7 Å². The number of para-hydroxylation sites is 1. The molecule has 2 aliphatic heterocycles. The number of rotatable bonds is 5. The summed E-state index contributed by atoms with van der Waals surface area (Å²) in [6.45, 7) is 1.86. The van der Waals surface area contributed by atoms with E-state index in [0.29, 0.717) is 49.5 Å². The third kappa shape index (κ3) is 4.42. The van der Waals surface area contributed by atoms with Crippen LogP contribution in [0.1, 0.15) is 33.6 Å². The second kappa shape index (κ2) is 8.99. The number of nitrogens with zero attached hydrogens (tertiary/aromatic N) is 3. The van der Waals surface area contributed by atoms with E-state index in [-0.39, 0.29) is 30.7 Å². The Morgan fingerprint density at radius 1 is 0.774 bits per heavy atom. The van der Waals surface area contributed by atoms with Crippen LogP contribution < -0.4 is 4.74 Å². The van der Waals surface area contributed by atoms with E-state index in [0.717, 1.165) is 0 Å². The summed E-state index contributed by atoms with van der Waals surface area (Å²) in [6.07, 6.45) is 0.214. The minimum atomic E-state index is -0.427. The number of imide groups is 1. The van der Waals surface area contributed by atoms with Gasteiger partial charge in [-0.1, -0.05) is 30.3 Å². The zero-order chi connectivity index (χ0) is 21.8. The fraction of sp³-hybridized carbons (Fsp3) is 0.304. The van der Waals surface area contributed by atoms with Crippen LogP contribution in [0.2, 0.25) is 0 Å². The highest BCUT2D eigenvalue weighted by atomic mass is 16.6. The van der Waals surface area contributed by atoms with Gasteiger partial charge in [-0.15, -0.1) is 0 Å². The molecule has 1 saturated heterocycles. The summed E-state index contributed by atoms with van der Waals surface area (Å²) in [5.41, 5.74) is 0.828. The van der Waals surface area contributed by atoms with Crippen molar-refractivity contribution in [2.45, 2.75) is 12.8 Å². The van der Waals surface area contributed by atoms with Crippen molar-refractivity contribution in [1.29, 1.82) is 0 Å². The van der Waals surface area contributed by atoms with E-state index in [1.807, 2.05) is 6.07 Å². The average Bonchev–Trinajstić information content (AvgIpc) is 3.05. The Kier molecular flexibility index (Phi) is 5.97. The van der Waals surface area contributed by atoms with Crippen LogP contribution in [0.5, 0.6) is 5.75 Å². The Hall–Kier alpha value is -3.68. The van der Waals surface area contributed by atoms with E-state index in [1.165, 1.54) is 4.90 Å². The van der Waals surface area contributed by atoms with Gasteiger partial charge in [0.25, 0.3) is 11.8 Å². The lowest BCUT2D eigenvalue weighted by Gasteiger charge is -2.34. The summed E-state index contributed by atoms with van der Waals surface area (Å²) in [5.74, 6) is -0.177. The molecule has 0 aromatic heterocycles. The summed E-state index contributed by atoms with van der Waals surface area (Å²) in [6, 6.07) is 15.6. The third-order valence-corrected chi connectivity index (χ3v) is 5.49. The SMILES string of the molecule is O=C(CCCN1C(=O)c2ccccc2C1=O)N1CCN(C(=O)Oc2ccccc2)CC1. The Balaban J connectivity index is 1.21. The van der Waals surface area contributed by atoms with Crippen molar-refractivity contribution in [1.82, 2.24) is 14.7 Å². The number of amides is 4. The first-order chi connectivity index (χ1) is 15.0. The molecule has 8 nitrogen and oxygen atoms in total. The van der Waals surface area contributed by atoms with E-state index in [4.69, 9.17) is 4.74 Å². The van der Waals surface area contributed by atoms with E-state index >= 15 is 0 Å². The van der Waals surface area contributed by atoms with Gasteiger partial charge in [0.05, 0.1) is 11.1 Å². The monoisotopic (exact) mass is 421 g/mol. The molecule has 2 aliphatic rings. The van der Waals surface area contributed by atoms with Gasteiger partial charge in [-0.3, -0.25) is 19.3 Å². The van der Waals surface area contributed by atoms with Crippen LogP contribution in [-0.2, 0) is 4.79 Å². The molecule has 0 bridgehead atoms. The molecule has 8 heteroatoms. The summed E-state index contributed by atoms with van der Waals surface area (Å²) < 4.78 is 5.33. The van der Waals surface area contributed by atoms with Crippen LogP contribution in [0.3, 0.4) is 0 Å². The number of ether oxygens (including phenoxy) is 1. The van der Waals surface area contributed by atoms with Gasteiger partial charge >= 0.3 is 6.09 Å². The predicted octanol–water partition coefficient (Wildman–Crippen LogP) is 2.41. The Bertz CT molecular complexity index is 964. The minimum Gasteiger partial charge on any atom is -0.410 e. The lowest BCUT2D eigenvalue weighted by Crippen LogP contribution is -2.51. The Labute approximate surface area is 180 Å². The molecule has 0 saturated carbocycles. The van der Waals surface area contributed by atoms with Crippen molar-refractivity contribution < 1.29 is 23.9 Å². The van der Waals surface area contributed by atoms with E-state index in [2.05, 4.69) is 0 Å². The molecule has 0 unspecified atom stereocenters. The first-order valence-corrected chi connectivity index (χ1v) is 10.3. The van der Waals surface area contributed by atoms with E-state index in [1.54, 1.807) is 58.3 Å². The molecule has 0 spiro atoms. The van der Waals surface area contributed by atoms with Gasteiger partial charge in [0.15, 0.2) is 0 Å². The molecule has 2 aromatic carbocycles. The number of piperazine rings is 1. The first-order valence-electron chi connectivity index (χ1n) is 10.3. The maximum atomic E-state index is 12.5. The van der Waals surface area contributed by atoms with Crippen molar-refractivity contribution >= 4 is 23.8 Å². The molecular formula is C23H23N3O5. The lowest BCUT2D eigenvalue weighted by molar-refractivity contribution is -0.132. The summed E-state index contributed by atoms with van der Waals surface area (Å²) in [7, 11) is 0. The van der Waals surface area contributed by atoms with Gasteiger partial charge in [0.1, 0.15) is 5.75 Å². The number of fused-ring (bicyclic) bond motifs is 1. The van der Waals surface area contributed by atoms with Crippen LogP contribution >= 0.6 is 0 Å². The molecule has 2 heterocycles. The van der Waals surface area contributed by atoms with Crippen molar-refractivity contribution in [2.24, 2.45) is 0 Å². The fourth-order valence-corrected chi connectivity index (χ4v) is 3.78. The van der Waals surface area contributed by atoms with Crippen LogP contribution in [0.25, 0.3) is 0 Å². The van der Waals surface area contributed by atoms with E-state index in [9.17, 15) is 19.2 Å². The van der Waals surface area contributed by atoms with Crippen molar-refractivity contribution in [2.75, 3.05) is 32.7 Å². The zero-order valence-corrected chi connectivity index (χ0v) is 17.0. The number of benzene rings is 2. The lowest BCUT2D eigenvalue weighted by atomic mass is 10.1. The van der Waals surface area contributed by atoms with Crippen LogP contribution in [-0.4, -0.2) is 71.2 Å². The smallest absolute Gasteiger partial charge is 0.410 e. The molecule has 31 heavy (non-hydrogen) atoms. The van der Waals surface area contributed by atoms with Gasteiger partial charge in [-0.2, -0.15) is 0 Å². The quantitative estimate of drug-likeness (QED) is 0.692. The first kappa shape index (κ1) is 20.6. The van der Waals surface area contributed by atoms with Gasteiger partial charge in [0.2, 0.25) is 5.91 Å². The maximum Gasteiger partial charge on any atom is 0.415 e. The minimum absolute atomic E-state index is 0.0484. The standard InChI is InChI=1S/C23H23N3O5/c27-20(11-6-12-26-21(28)18-9-4-5-10-19(18)22(26)29)24-13-15-25(16-14-24)23(30)31-17-7-2-1-3-8-17/h1-5,7-10H,6,11-16H2. The molecule has 0 radical (unpaired) electrons. The Morgan fingerprint density at radius 2 is 1.32 bits per heavy atom. The number of carbonyl (C=O) groups excluding carboxylic acids is 4. The van der Waals surface area contributed by atoms with Gasteiger partial charge in [0, 0.05) is 39.1 Å². The second-order valence-corrected chi connectivity index (χ2v) is 7.46.